The van der Waals surface area contributed by atoms with Crippen LogP contribution >= 0.6 is 27.3 Å². The van der Waals surface area contributed by atoms with Gasteiger partial charge in [0.25, 0.3) is 0 Å². The van der Waals surface area contributed by atoms with Gasteiger partial charge in [-0.2, -0.15) is 0 Å². The number of thiophene rings is 1. The zero-order valence-corrected chi connectivity index (χ0v) is 17.8. The Labute approximate surface area is 169 Å². The predicted molar refractivity (Wildman–Crippen MR) is 107 cm³/mol. The second-order valence-electron chi connectivity index (χ2n) is 6.38. The van der Waals surface area contributed by atoms with Gasteiger partial charge in [0, 0.05) is 27.4 Å². The number of carbonyl (C=O) groups excluding carboxylic acids is 1. The second-order valence-corrected chi connectivity index (χ2v) is 9.03. The van der Waals surface area contributed by atoms with Crippen molar-refractivity contribution in [1.29, 1.82) is 0 Å². The van der Waals surface area contributed by atoms with Crippen LogP contribution in [0.1, 0.15) is 42.8 Å². The molecule has 0 fully saturated rings. The molecule has 1 aromatic heterocycles. The molecule has 0 amide bonds. The molecule has 2 atom stereocenters. The molecule has 8 heteroatoms. The van der Waals surface area contributed by atoms with E-state index in [1.807, 2.05) is 6.92 Å². The molecule has 148 valence electrons. The molecule has 0 radical (unpaired) electrons. The summed E-state index contributed by atoms with van der Waals surface area (Å²) in [6, 6.07) is 3.10. The van der Waals surface area contributed by atoms with E-state index in [0.717, 1.165) is 24.2 Å². The topological polar surface area (TPSA) is 72.8 Å². The van der Waals surface area contributed by atoms with E-state index in [4.69, 9.17) is 14.6 Å². The highest BCUT2D eigenvalue weighted by molar-refractivity contribution is 9.09. The number of ether oxygens (including phenoxy) is 2. The lowest BCUT2D eigenvalue weighted by Crippen LogP contribution is -2.13. The van der Waals surface area contributed by atoms with Gasteiger partial charge in [0.15, 0.2) is 23.1 Å². The second kappa shape index (κ2) is 9.50. The fourth-order valence-corrected chi connectivity index (χ4v) is 3.89. The molecule has 0 aliphatic rings. The maximum absolute atomic E-state index is 15.0. The number of Topliss-reactive ketones (excluding diaryl/α,β-unsaturated/α-hetero) is 1. The molecule has 0 saturated carbocycles. The van der Waals surface area contributed by atoms with Crippen LogP contribution in [0.4, 0.5) is 4.39 Å². The van der Waals surface area contributed by atoms with Crippen molar-refractivity contribution in [2.45, 2.75) is 37.9 Å². The lowest BCUT2D eigenvalue weighted by atomic mass is 10.0. The van der Waals surface area contributed by atoms with Crippen molar-refractivity contribution in [2.24, 2.45) is 5.92 Å². The van der Waals surface area contributed by atoms with Crippen LogP contribution in [0.2, 0.25) is 0 Å². The van der Waals surface area contributed by atoms with Crippen LogP contribution in [0, 0.1) is 11.7 Å². The number of hydrogen-bond donors (Lipinski definition) is 1. The van der Waals surface area contributed by atoms with Gasteiger partial charge >= 0.3 is 5.97 Å². The summed E-state index contributed by atoms with van der Waals surface area (Å²) in [7, 11) is 1.43. The first-order chi connectivity index (χ1) is 12.7. The molecule has 2 aromatic rings. The molecule has 0 saturated heterocycles. The molecule has 1 heterocycles. The first kappa shape index (κ1) is 21.6. The zero-order valence-electron chi connectivity index (χ0n) is 15.4. The van der Waals surface area contributed by atoms with Crippen molar-refractivity contribution < 1.29 is 28.6 Å². The van der Waals surface area contributed by atoms with Gasteiger partial charge < -0.3 is 14.6 Å². The van der Waals surface area contributed by atoms with Crippen molar-refractivity contribution >= 4 is 49.1 Å². The Morgan fingerprint density at radius 3 is 2.63 bits per heavy atom. The minimum atomic E-state index is -1.04. The first-order valence-corrected chi connectivity index (χ1v) is 10.3. The zero-order chi connectivity index (χ0) is 20.1. The van der Waals surface area contributed by atoms with Crippen LogP contribution < -0.4 is 9.47 Å². The monoisotopic (exact) mass is 460 g/mol. The molecule has 0 spiro atoms. The first-order valence-electron chi connectivity index (χ1n) is 8.57. The molecule has 0 aliphatic carbocycles. The summed E-state index contributed by atoms with van der Waals surface area (Å²) in [5.74, 6) is -2.42. The van der Waals surface area contributed by atoms with E-state index in [0.29, 0.717) is 21.0 Å². The number of methoxy groups -OCH3 is 1. The van der Waals surface area contributed by atoms with Crippen LogP contribution in [0.5, 0.6) is 11.5 Å². The molecule has 0 aliphatic heterocycles. The molecular weight excluding hydrogens is 439 g/mol. The molecule has 5 nitrogen and oxygen atoms in total. The Bertz CT molecular complexity index is 833. The van der Waals surface area contributed by atoms with Crippen LogP contribution in [-0.2, 0) is 4.79 Å². The summed E-state index contributed by atoms with van der Waals surface area (Å²) < 4.78 is 26.4. The maximum Gasteiger partial charge on any atom is 0.306 e. The van der Waals surface area contributed by atoms with E-state index in [9.17, 15) is 14.0 Å². The highest BCUT2D eigenvalue weighted by Gasteiger charge is 2.22. The van der Waals surface area contributed by atoms with Gasteiger partial charge in [0.05, 0.1) is 24.5 Å². The SMILES string of the molecule is COc1cc2sc(C(=O)C[C@H](C)C(=O)O)cc2c(F)c1OCCCC(C)Br. The van der Waals surface area contributed by atoms with E-state index in [1.54, 1.807) is 6.07 Å². The minimum Gasteiger partial charge on any atom is -0.493 e. The average molecular weight is 461 g/mol. The van der Waals surface area contributed by atoms with Gasteiger partial charge in [0.1, 0.15) is 0 Å². The molecule has 1 unspecified atom stereocenters. The third kappa shape index (κ3) is 5.42. The molecule has 1 aromatic carbocycles. The van der Waals surface area contributed by atoms with Gasteiger partial charge in [-0.1, -0.05) is 29.8 Å². The number of hydrogen-bond acceptors (Lipinski definition) is 5. The summed E-state index contributed by atoms with van der Waals surface area (Å²) in [4.78, 5) is 23.9. The molecule has 27 heavy (non-hydrogen) atoms. The summed E-state index contributed by atoms with van der Waals surface area (Å²) in [6.07, 6.45) is 1.52. The van der Waals surface area contributed by atoms with Crippen LogP contribution in [0.25, 0.3) is 10.1 Å². The van der Waals surface area contributed by atoms with E-state index in [-0.39, 0.29) is 29.1 Å². The van der Waals surface area contributed by atoms with Crippen molar-refractivity contribution in [3.63, 3.8) is 0 Å². The number of ketones is 1. The predicted octanol–water partition coefficient (Wildman–Crippen LogP) is 5.28. The van der Waals surface area contributed by atoms with Crippen molar-refractivity contribution in [3.05, 3.63) is 22.8 Å². The third-order valence-corrected chi connectivity index (χ3v) is 5.66. The number of fused-ring (bicyclic) bond motifs is 1. The van der Waals surface area contributed by atoms with Crippen molar-refractivity contribution in [2.75, 3.05) is 13.7 Å². The summed E-state index contributed by atoms with van der Waals surface area (Å²) >= 11 is 4.58. The van der Waals surface area contributed by atoms with Crippen LogP contribution in [0.3, 0.4) is 0 Å². The van der Waals surface area contributed by atoms with Gasteiger partial charge in [0.2, 0.25) is 0 Å². The van der Waals surface area contributed by atoms with E-state index in [2.05, 4.69) is 15.9 Å². The number of aliphatic carboxylic acids is 1. The number of benzene rings is 1. The number of halogens is 2. The molecular formula is C19H22BrFO5S. The van der Waals surface area contributed by atoms with Crippen molar-refractivity contribution in [3.8, 4) is 11.5 Å². The minimum absolute atomic E-state index is 0.0305. The maximum atomic E-state index is 15.0. The molecule has 1 N–H and O–H groups in total. The number of carbonyl (C=O) groups is 2. The number of carboxylic acids is 1. The lowest BCUT2D eigenvalue weighted by molar-refractivity contribution is -0.141. The van der Waals surface area contributed by atoms with Gasteiger partial charge in [-0.25, -0.2) is 4.39 Å². The summed E-state index contributed by atoms with van der Waals surface area (Å²) in [5.41, 5.74) is 0. The Hall–Kier alpha value is -1.67. The van der Waals surface area contributed by atoms with Crippen molar-refractivity contribution in [1.82, 2.24) is 0 Å². The fourth-order valence-electron chi connectivity index (χ4n) is 2.53. The molecule has 2 rings (SSSR count). The van der Waals surface area contributed by atoms with Gasteiger partial charge in [-0.05, 0) is 18.9 Å². The van der Waals surface area contributed by atoms with E-state index >= 15 is 0 Å². The fraction of sp³-hybridized carbons (Fsp3) is 0.474. The Balaban J connectivity index is 2.28. The third-order valence-electron chi connectivity index (χ3n) is 4.08. The Morgan fingerprint density at radius 1 is 1.33 bits per heavy atom. The van der Waals surface area contributed by atoms with E-state index < -0.39 is 17.7 Å². The smallest absolute Gasteiger partial charge is 0.306 e. The highest BCUT2D eigenvalue weighted by atomic mass is 79.9. The van der Waals surface area contributed by atoms with Gasteiger partial charge in [-0.3, -0.25) is 9.59 Å². The summed E-state index contributed by atoms with van der Waals surface area (Å²) in [6.45, 7) is 3.85. The van der Waals surface area contributed by atoms with Gasteiger partial charge in [-0.15, -0.1) is 11.3 Å². The largest absolute Gasteiger partial charge is 0.493 e. The standard InChI is InChI=1S/C19H22BrFO5S/c1-10(19(23)24)7-13(22)16-8-12-15(27-16)9-14(25-3)18(17(12)21)26-6-4-5-11(2)20/h8-11H,4-7H2,1-3H3,(H,23,24)/t10-,11?/m0/s1. The number of rotatable bonds is 10. The quantitative estimate of drug-likeness (QED) is 0.296. The average Bonchev–Trinajstić information content (AvgIpc) is 3.04. The number of carboxylic acid groups (broad SMARTS) is 1. The normalized spacial score (nSPS) is 13.4. The Morgan fingerprint density at radius 2 is 2.04 bits per heavy atom. The Kier molecular flexibility index (Phi) is 7.61. The number of alkyl halides is 1. The van der Waals surface area contributed by atoms with E-state index in [1.165, 1.54) is 20.1 Å². The summed E-state index contributed by atoms with van der Waals surface area (Å²) in [5, 5.41) is 9.23. The molecule has 0 bridgehead atoms. The van der Waals surface area contributed by atoms with Crippen LogP contribution in [-0.4, -0.2) is 35.4 Å². The van der Waals surface area contributed by atoms with Crippen LogP contribution in [0.15, 0.2) is 12.1 Å². The lowest BCUT2D eigenvalue weighted by Gasteiger charge is -2.12. The highest BCUT2D eigenvalue weighted by Crippen LogP contribution is 2.40.